The minimum Gasteiger partial charge on any atom is -0.325 e. The molecule has 0 atom stereocenters. The summed E-state index contributed by atoms with van der Waals surface area (Å²) in [6, 6.07) is 14.2. The Labute approximate surface area is 191 Å². The van der Waals surface area contributed by atoms with Crippen molar-refractivity contribution in [2.45, 2.75) is 25.9 Å². The highest BCUT2D eigenvalue weighted by Gasteiger charge is 2.19. The summed E-state index contributed by atoms with van der Waals surface area (Å²) in [5.74, 6) is 0.885. The van der Waals surface area contributed by atoms with Gasteiger partial charge in [0.2, 0.25) is 5.91 Å². The number of hydrogen-bond donors (Lipinski definition) is 1. The quantitative estimate of drug-likeness (QED) is 0.440. The molecule has 2 aromatic heterocycles. The molecule has 0 aliphatic rings. The van der Waals surface area contributed by atoms with Crippen molar-refractivity contribution >= 4 is 23.4 Å². The van der Waals surface area contributed by atoms with Gasteiger partial charge in [0.25, 0.3) is 0 Å². The second-order valence-corrected chi connectivity index (χ2v) is 8.89. The van der Waals surface area contributed by atoms with Crippen molar-refractivity contribution in [1.82, 2.24) is 24.5 Å². The SMILES string of the molecule is Cc1ccc(-c2nn(C)cc2-c2nnc(SCC(=O)Nc3ccc(C)cc3C)n2C)cc1. The topological polar surface area (TPSA) is 77.6 Å². The predicted molar refractivity (Wildman–Crippen MR) is 129 cm³/mol. The Kier molecular flexibility index (Phi) is 6.14. The Morgan fingerprint density at radius 3 is 2.44 bits per heavy atom. The minimum absolute atomic E-state index is 0.0757. The first-order valence-corrected chi connectivity index (χ1v) is 11.3. The third-order valence-corrected chi connectivity index (χ3v) is 6.24. The Balaban J connectivity index is 1.51. The van der Waals surface area contributed by atoms with E-state index in [0.717, 1.165) is 28.1 Å². The lowest BCUT2D eigenvalue weighted by Crippen LogP contribution is -2.15. The molecule has 164 valence electrons. The van der Waals surface area contributed by atoms with Gasteiger partial charge in [0, 0.05) is 31.5 Å². The average molecular weight is 447 g/mol. The number of rotatable bonds is 6. The Morgan fingerprint density at radius 1 is 1.00 bits per heavy atom. The fourth-order valence-electron chi connectivity index (χ4n) is 3.52. The lowest BCUT2D eigenvalue weighted by Gasteiger charge is -2.09. The van der Waals surface area contributed by atoms with Crippen LogP contribution in [0, 0.1) is 20.8 Å². The van der Waals surface area contributed by atoms with Crippen LogP contribution in [0.2, 0.25) is 0 Å². The zero-order chi connectivity index (χ0) is 22.8. The van der Waals surface area contributed by atoms with Gasteiger partial charge in [-0.05, 0) is 32.4 Å². The molecule has 0 aliphatic carbocycles. The summed E-state index contributed by atoms with van der Waals surface area (Å²) in [4.78, 5) is 12.5. The highest BCUT2D eigenvalue weighted by Crippen LogP contribution is 2.31. The van der Waals surface area contributed by atoms with Crippen LogP contribution in [0.25, 0.3) is 22.6 Å². The third kappa shape index (κ3) is 4.60. The molecular weight excluding hydrogens is 420 g/mol. The van der Waals surface area contributed by atoms with Crippen LogP contribution < -0.4 is 5.32 Å². The molecule has 4 rings (SSSR count). The van der Waals surface area contributed by atoms with E-state index in [9.17, 15) is 4.79 Å². The van der Waals surface area contributed by atoms with Crippen LogP contribution in [-0.4, -0.2) is 36.2 Å². The van der Waals surface area contributed by atoms with E-state index in [1.807, 2.05) is 50.8 Å². The number of aryl methyl sites for hydroxylation is 4. The van der Waals surface area contributed by atoms with E-state index in [2.05, 4.69) is 57.9 Å². The lowest BCUT2D eigenvalue weighted by atomic mass is 10.1. The molecular formula is C24H26N6OS. The number of hydrogen-bond acceptors (Lipinski definition) is 5. The summed E-state index contributed by atoms with van der Waals surface area (Å²) in [5.41, 5.74) is 7.02. The summed E-state index contributed by atoms with van der Waals surface area (Å²) in [6.45, 7) is 6.09. The standard InChI is InChI=1S/C24H26N6OS/c1-15-6-9-18(10-7-15)22-19(13-29(4)28-22)23-26-27-24(30(23)5)32-14-21(31)25-20-11-8-16(2)12-17(20)3/h6-13H,14H2,1-5H3,(H,25,31). The van der Waals surface area contributed by atoms with Crippen LogP contribution >= 0.6 is 11.8 Å². The maximum atomic E-state index is 12.5. The fraction of sp³-hybridized carbons (Fsp3) is 0.250. The third-order valence-electron chi connectivity index (χ3n) is 5.22. The Hall–Kier alpha value is -3.39. The first-order valence-electron chi connectivity index (χ1n) is 10.3. The van der Waals surface area contributed by atoms with Gasteiger partial charge in [0.15, 0.2) is 11.0 Å². The van der Waals surface area contributed by atoms with Crippen molar-refractivity contribution in [2.75, 3.05) is 11.1 Å². The number of thioether (sulfide) groups is 1. The van der Waals surface area contributed by atoms with Gasteiger partial charge >= 0.3 is 0 Å². The smallest absolute Gasteiger partial charge is 0.234 e. The Bertz CT molecular complexity index is 1270. The number of carbonyl (C=O) groups excluding carboxylic acids is 1. The molecule has 2 aromatic carbocycles. The zero-order valence-electron chi connectivity index (χ0n) is 18.9. The highest BCUT2D eigenvalue weighted by atomic mass is 32.2. The maximum absolute atomic E-state index is 12.5. The summed E-state index contributed by atoms with van der Waals surface area (Å²) >= 11 is 1.36. The van der Waals surface area contributed by atoms with Crippen molar-refractivity contribution in [3.63, 3.8) is 0 Å². The van der Waals surface area contributed by atoms with Gasteiger partial charge in [0.05, 0.1) is 11.3 Å². The van der Waals surface area contributed by atoms with Crippen LogP contribution in [0.5, 0.6) is 0 Å². The number of nitrogens with zero attached hydrogens (tertiary/aromatic N) is 5. The van der Waals surface area contributed by atoms with Gasteiger partial charge in [-0.2, -0.15) is 5.10 Å². The monoisotopic (exact) mass is 446 g/mol. The number of carbonyl (C=O) groups is 1. The second kappa shape index (κ2) is 9.00. The van der Waals surface area contributed by atoms with Gasteiger partial charge in [0.1, 0.15) is 5.69 Å². The number of amides is 1. The maximum Gasteiger partial charge on any atom is 0.234 e. The largest absolute Gasteiger partial charge is 0.325 e. The molecule has 32 heavy (non-hydrogen) atoms. The summed E-state index contributed by atoms with van der Waals surface area (Å²) in [5, 5.41) is 17.0. The van der Waals surface area contributed by atoms with Gasteiger partial charge in [-0.1, -0.05) is 59.3 Å². The molecule has 0 aliphatic heterocycles. The molecule has 4 aromatic rings. The molecule has 0 spiro atoms. The van der Waals surface area contributed by atoms with Crippen LogP contribution in [0.3, 0.4) is 0 Å². The van der Waals surface area contributed by atoms with Crippen LogP contribution in [-0.2, 0) is 18.9 Å². The van der Waals surface area contributed by atoms with Gasteiger partial charge < -0.3 is 9.88 Å². The first-order chi connectivity index (χ1) is 15.3. The average Bonchev–Trinajstić information content (AvgIpc) is 3.31. The molecule has 0 fully saturated rings. The van der Waals surface area contributed by atoms with Crippen molar-refractivity contribution in [3.05, 3.63) is 65.4 Å². The normalized spacial score (nSPS) is 11.0. The highest BCUT2D eigenvalue weighted by molar-refractivity contribution is 7.99. The molecule has 0 unspecified atom stereocenters. The van der Waals surface area contributed by atoms with Crippen molar-refractivity contribution < 1.29 is 4.79 Å². The Morgan fingerprint density at radius 2 is 1.72 bits per heavy atom. The van der Waals surface area contributed by atoms with Crippen LogP contribution in [0.1, 0.15) is 16.7 Å². The molecule has 1 amide bonds. The molecule has 0 saturated carbocycles. The molecule has 0 radical (unpaired) electrons. The summed E-state index contributed by atoms with van der Waals surface area (Å²) in [7, 11) is 3.80. The second-order valence-electron chi connectivity index (χ2n) is 7.95. The van der Waals surface area contributed by atoms with Gasteiger partial charge in [-0.15, -0.1) is 10.2 Å². The number of anilines is 1. The molecule has 1 N–H and O–H groups in total. The van der Waals surface area contributed by atoms with E-state index in [1.165, 1.54) is 22.9 Å². The van der Waals surface area contributed by atoms with Crippen molar-refractivity contribution in [3.8, 4) is 22.6 Å². The van der Waals surface area contributed by atoms with Crippen molar-refractivity contribution in [2.24, 2.45) is 14.1 Å². The summed E-state index contributed by atoms with van der Waals surface area (Å²) < 4.78 is 3.69. The lowest BCUT2D eigenvalue weighted by molar-refractivity contribution is -0.113. The van der Waals surface area contributed by atoms with E-state index in [-0.39, 0.29) is 11.7 Å². The van der Waals surface area contributed by atoms with E-state index in [4.69, 9.17) is 0 Å². The number of aromatic nitrogens is 5. The molecule has 7 nitrogen and oxygen atoms in total. The van der Waals surface area contributed by atoms with E-state index in [1.54, 1.807) is 4.68 Å². The molecule has 8 heteroatoms. The molecule has 0 saturated heterocycles. The van der Waals surface area contributed by atoms with Crippen molar-refractivity contribution in [1.29, 1.82) is 0 Å². The molecule has 0 bridgehead atoms. The minimum atomic E-state index is -0.0757. The van der Waals surface area contributed by atoms with Crippen LogP contribution in [0.15, 0.2) is 53.8 Å². The van der Waals surface area contributed by atoms with Gasteiger partial charge in [-0.3, -0.25) is 9.48 Å². The summed E-state index contributed by atoms with van der Waals surface area (Å²) in [6.07, 6.45) is 1.94. The number of benzene rings is 2. The molecule has 2 heterocycles. The van der Waals surface area contributed by atoms with E-state index in [0.29, 0.717) is 11.0 Å². The predicted octanol–water partition coefficient (Wildman–Crippen LogP) is 4.54. The van der Waals surface area contributed by atoms with Crippen LogP contribution in [0.4, 0.5) is 5.69 Å². The number of nitrogens with one attached hydrogen (secondary N) is 1. The fourth-order valence-corrected chi connectivity index (χ4v) is 4.23. The van der Waals surface area contributed by atoms with E-state index < -0.39 is 0 Å². The first kappa shape index (κ1) is 21.8. The van der Waals surface area contributed by atoms with Gasteiger partial charge in [-0.25, -0.2) is 0 Å². The van der Waals surface area contributed by atoms with E-state index >= 15 is 0 Å². The zero-order valence-corrected chi connectivity index (χ0v) is 19.7.